The summed E-state index contributed by atoms with van der Waals surface area (Å²) >= 11 is 6.09. The maximum atomic E-state index is 6.09. The van der Waals surface area contributed by atoms with Crippen LogP contribution in [-0.2, 0) is 6.54 Å². The zero-order valence-electron chi connectivity index (χ0n) is 10.1. The van der Waals surface area contributed by atoms with Gasteiger partial charge in [0.1, 0.15) is 0 Å². The minimum atomic E-state index is 0.780. The molecule has 18 heavy (non-hydrogen) atoms. The number of rotatable bonds is 1. The molecule has 0 amide bonds. The molecule has 3 rings (SSSR count). The fourth-order valence-corrected chi connectivity index (χ4v) is 2.55. The van der Waals surface area contributed by atoms with E-state index < -0.39 is 0 Å². The van der Waals surface area contributed by atoms with E-state index in [1.165, 1.54) is 11.3 Å². The normalized spacial score (nSPS) is 15.1. The van der Waals surface area contributed by atoms with Gasteiger partial charge in [0.05, 0.1) is 0 Å². The van der Waals surface area contributed by atoms with Gasteiger partial charge in [0, 0.05) is 36.0 Å². The molecule has 0 saturated carbocycles. The average Bonchev–Trinajstić information content (AvgIpc) is 2.61. The first kappa shape index (κ1) is 11.6. The van der Waals surface area contributed by atoms with Crippen LogP contribution in [0.4, 0.5) is 11.4 Å². The molecule has 0 bridgehead atoms. The number of halogens is 1. The third kappa shape index (κ3) is 2.22. The third-order valence-corrected chi connectivity index (χ3v) is 3.47. The largest absolute Gasteiger partial charge is 0.340 e. The Hall–Kier alpha value is -1.51. The minimum Gasteiger partial charge on any atom is -0.340 e. The van der Waals surface area contributed by atoms with Gasteiger partial charge in [-0.2, -0.15) is 0 Å². The molecule has 92 valence electrons. The van der Waals surface area contributed by atoms with Gasteiger partial charge in [-0.1, -0.05) is 35.9 Å². The lowest BCUT2D eigenvalue weighted by atomic mass is 10.1. The van der Waals surface area contributed by atoms with Gasteiger partial charge in [-0.3, -0.25) is 0 Å². The molecular formula is C15H15ClN2. The summed E-state index contributed by atoms with van der Waals surface area (Å²) in [5.74, 6) is 0. The topological polar surface area (TPSA) is 15.3 Å². The van der Waals surface area contributed by atoms with Crippen molar-refractivity contribution in [3.05, 3.63) is 59.1 Å². The lowest BCUT2D eigenvalue weighted by Gasteiger charge is -2.24. The zero-order valence-corrected chi connectivity index (χ0v) is 10.8. The molecule has 1 aliphatic rings. The van der Waals surface area contributed by atoms with Crippen molar-refractivity contribution in [2.24, 2.45) is 0 Å². The molecule has 1 aliphatic heterocycles. The van der Waals surface area contributed by atoms with Gasteiger partial charge in [0.15, 0.2) is 0 Å². The van der Waals surface area contributed by atoms with Gasteiger partial charge in [0.2, 0.25) is 0 Å². The van der Waals surface area contributed by atoms with Crippen molar-refractivity contribution in [1.29, 1.82) is 0 Å². The molecule has 0 saturated heterocycles. The fourth-order valence-electron chi connectivity index (χ4n) is 2.37. The minimum absolute atomic E-state index is 0.780. The van der Waals surface area contributed by atoms with E-state index in [1.807, 2.05) is 18.2 Å². The van der Waals surface area contributed by atoms with Gasteiger partial charge in [0.25, 0.3) is 0 Å². The molecule has 0 unspecified atom stereocenters. The van der Waals surface area contributed by atoms with Crippen LogP contribution in [0.5, 0.6) is 0 Å². The summed E-state index contributed by atoms with van der Waals surface area (Å²) in [4.78, 5) is 2.32. The number of para-hydroxylation sites is 1. The first-order chi connectivity index (χ1) is 8.84. The highest BCUT2D eigenvalue weighted by Gasteiger charge is 2.15. The van der Waals surface area contributed by atoms with Crippen LogP contribution < -0.4 is 10.2 Å². The number of hydrogen-bond acceptors (Lipinski definition) is 2. The number of fused-ring (bicyclic) bond motifs is 1. The van der Waals surface area contributed by atoms with Crippen molar-refractivity contribution in [2.45, 2.75) is 6.54 Å². The highest BCUT2D eigenvalue weighted by molar-refractivity contribution is 6.30. The van der Waals surface area contributed by atoms with Crippen LogP contribution in [-0.4, -0.2) is 13.1 Å². The molecule has 2 aromatic carbocycles. The van der Waals surface area contributed by atoms with E-state index in [0.29, 0.717) is 0 Å². The van der Waals surface area contributed by atoms with Crippen molar-refractivity contribution < 1.29 is 0 Å². The van der Waals surface area contributed by atoms with E-state index in [0.717, 1.165) is 30.3 Å². The van der Waals surface area contributed by atoms with Crippen molar-refractivity contribution in [1.82, 2.24) is 5.32 Å². The van der Waals surface area contributed by atoms with Gasteiger partial charge >= 0.3 is 0 Å². The summed E-state index contributed by atoms with van der Waals surface area (Å²) in [5, 5.41) is 4.22. The molecule has 0 fully saturated rings. The molecule has 1 heterocycles. The predicted molar refractivity (Wildman–Crippen MR) is 76.6 cm³/mol. The van der Waals surface area contributed by atoms with Gasteiger partial charge < -0.3 is 10.2 Å². The van der Waals surface area contributed by atoms with Crippen LogP contribution in [0.1, 0.15) is 5.56 Å². The Morgan fingerprint density at radius 1 is 1.06 bits per heavy atom. The maximum Gasteiger partial charge on any atom is 0.0456 e. The highest BCUT2D eigenvalue weighted by Crippen LogP contribution is 2.30. The Labute approximate surface area is 112 Å². The first-order valence-corrected chi connectivity index (χ1v) is 6.54. The molecule has 0 radical (unpaired) electrons. The van der Waals surface area contributed by atoms with Crippen LogP contribution in [0.3, 0.4) is 0 Å². The van der Waals surface area contributed by atoms with Crippen molar-refractivity contribution >= 4 is 23.0 Å². The number of benzene rings is 2. The van der Waals surface area contributed by atoms with Crippen LogP contribution in [0.25, 0.3) is 0 Å². The Bertz CT molecular complexity index is 554. The second-order valence-electron chi connectivity index (χ2n) is 4.44. The van der Waals surface area contributed by atoms with Crippen LogP contribution in [0, 0.1) is 0 Å². The van der Waals surface area contributed by atoms with Gasteiger partial charge in [-0.05, 0) is 29.8 Å². The number of nitrogens with one attached hydrogen (secondary N) is 1. The first-order valence-electron chi connectivity index (χ1n) is 6.16. The van der Waals surface area contributed by atoms with E-state index >= 15 is 0 Å². The van der Waals surface area contributed by atoms with E-state index in [4.69, 9.17) is 11.6 Å². The summed E-state index contributed by atoms with van der Waals surface area (Å²) in [6, 6.07) is 16.5. The monoisotopic (exact) mass is 258 g/mol. The molecule has 0 atom stereocenters. The van der Waals surface area contributed by atoms with E-state index in [9.17, 15) is 0 Å². The van der Waals surface area contributed by atoms with E-state index in [2.05, 4.69) is 40.5 Å². The second kappa shape index (κ2) is 5.01. The summed E-state index contributed by atoms with van der Waals surface area (Å²) in [6.07, 6.45) is 0. The maximum absolute atomic E-state index is 6.09. The molecular weight excluding hydrogens is 244 g/mol. The number of anilines is 2. The number of hydrogen-bond donors (Lipinski definition) is 1. The van der Waals surface area contributed by atoms with Crippen molar-refractivity contribution in [3.63, 3.8) is 0 Å². The smallest absolute Gasteiger partial charge is 0.0456 e. The molecule has 3 heteroatoms. The quantitative estimate of drug-likeness (QED) is 0.841. The lowest BCUT2D eigenvalue weighted by Crippen LogP contribution is -2.24. The molecule has 0 aliphatic carbocycles. The van der Waals surface area contributed by atoms with Crippen molar-refractivity contribution in [3.8, 4) is 0 Å². The summed E-state index contributed by atoms with van der Waals surface area (Å²) in [6.45, 7) is 2.85. The van der Waals surface area contributed by atoms with E-state index in [1.54, 1.807) is 0 Å². The Morgan fingerprint density at radius 2 is 1.94 bits per heavy atom. The second-order valence-corrected chi connectivity index (χ2v) is 4.87. The third-order valence-electron chi connectivity index (χ3n) is 3.23. The predicted octanol–water partition coefficient (Wildman–Crippen LogP) is 3.58. The van der Waals surface area contributed by atoms with Crippen LogP contribution in [0.2, 0.25) is 5.02 Å². The van der Waals surface area contributed by atoms with E-state index in [-0.39, 0.29) is 0 Å². The average molecular weight is 259 g/mol. The zero-order chi connectivity index (χ0) is 12.4. The fraction of sp³-hybridized carbons (Fsp3) is 0.200. The van der Waals surface area contributed by atoms with Gasteiger partial charge in [-0.25, -0.2) is 0 Å². The molecule has 1 N–H and O–H groups in total. The Kier molecular flexibility index (Phi) is 3.22. The lowest BCUT2D eigenvalue weighted by molar-refractivity contribution is 0.712. The molecule has 0 spiro atoms. The SMILES string of the molecule is Clc1cccc(N2CCNCc3ccccc32)c1. The van der Waals surface area contributed by atoms with Crippen LogP contribution in [0.15, 0.2) is 48.5 Å². The standard InChI is InChI=1S/C15H15ClN2/c16-13-5-3-6-14(10-13)18-9-8-17-11-12-4-1-2-7-15(12)18/h1-7,10,17H,8-9,11H2. The summed E-state index contributed by atoms with van der Waals surface area (Å²) < 4.78 is 0. The number of nitrogens with zero attached hydrogens (tertiary/aromatic N) is 1. The highest BCUT2D eigenvalue weighted by atomic mass is 35.5. The van der Waals surface area contributed by atoms with Crippen LogP contribution >= 0.6 is 11.6 Å². The summed E-state index contributed by atoms with van der Waals surface area (Å²) in [5.41, 5.74) is 3.75. The van der Waals surface area contributed by atoms with Gasteiger partial charge in [-0.15, -0.1) is 0 Å². The Balaban J connectivity index is 2.06. The molecule has 2 aromatic rings. The van der Waals surface area contributed by atoms with Crippen molar-refractivity contribution in [2.75, 3.05) is 18.0 Å². The Morgan fingerprint density at radius 3 is 2.83 bits per heavy atom. The molecule has 2 nitrogen and oxygen atoms in total. The molecule has 0 aromatic heterocycles. The summed E-state index contributed by atoms with van der Waals surface area (Å²) in [7, 11) is 0.